The molecule has 92 valence electrons. The molecule has 0 bridgehead atoms. The Balaban J connectivity index is 2.43. The lowest BCUT2D eigenvalue weighted by Gasteiger charge is -2.34. The summed E-state index contributed by atoms with van der Waals surface area (Å²) in [6, 6.07) is 0. The monoisotopic (exact) mass is 254 g/mol. The van der Waals surface area contributed by atoms with E-state index in [1.54, 1.807) is 24.3 Å². The van der Waals surface area contributed by atoms with Crippen LogP contribution < -0.4 is 0 Å². The van der Waals surface area contributed by atoms with Crippen molar-refractivity contribution in [1.82, 2.24) is 0 Å². The highest BCUT2D eigenvalue weighted by atomic mass is 32.2. The third-order valence-electron chi connectivity index (χ3n) is 2.96. The zero-order valence-electron chi connectivity index (χ0n) is 9.15. The lowest BCUT2D eigenvalue weighted by Crippen LogP contribution is -2.50. The van der Waals surface area contributed by atoms with Crippen LogP contribution in [0.4, 0.5) is 0 Å². The number of allylic oxidation sites excluding steroid dienone is 4. The minimum atomic E-state index is -4.15. The quantitative estimate of drug-likeness (QED) is 0.764. The van der Waals surface area contributed by atoms with Crippen LogP contribution in [0.5, 0.6) is 0 Å². The molecule has 0 aromatic carbocycles. The first-order chi connectivity index (χ1) is 7.91. The SMILES string of the molecule is O=S(=O)(C1(O)C=CC=CC1)C1(O)C=CC=CC1. The summed E-state index contributed by atoms with van der Waals surface area (Å²) >= 11 is 0. The summed E-state index contributed by atoms with van der Waals surface area (Å²) in [4.78, 5) is -4.07. The molecule has 2 unspecified atom stereocenters. The first-order valence-electron chi connectivity index (χ1n) is 5.29. The van der Waals surface area contributed by atoms with Crippen molar-refractivity contribution >= 4 is 9.84 Å². The molecule has 0 saturated carbocycles. The van der Waals surface area contributed by atoms with Gasteiger partial charge in [-0.2, -0.15) is 0 Å². The first kappa shape index (κ1) is 12.3. The van der Waals surface area contributed by atoms with Crippen LogP contribution in [-0.2, 0) is 9.84 Å². The van der Waals surface area contributed by atoms with Crippen molar-refractivity contribution in [3.05, 3.63) is 48.6 Å². The Hall–Kier alpha value is -1.17. The van der Waals surface area contributed by atoms with Gasteiger partial charge in [-0.3, -0.25) is 0 Å². The van der Waals surface area contributed by atoms with Gasteiger partial charge in [0.25, 0.3) is 0 Å². The van der Waals surface area contributed by atoms with E-state index in [1.807, 2.05) is 0 Å². The number of hydrogen-bond donors (Lipinski definition) is 2. The molecule has 0 fully saturated rings. The summed E-state index contributed by atoms with van der Waals surface area (Å²) in [5.41, 5.74) is 0. The molecule has 0 saturated heterocycles. The molecule has 2 atom stereocenters. The van der Waals surface area contributed by atoms with Crippen molar-refractivity contribution in [3.8, 4) is 0 Å². The van der Waals surface area contributed by atoms with E-state index in [0.717, 1.165) is 0 Å². The predicted octanol–water partition coefficient (Wildman–Crippen LogP) is 0.811. The maximum Gasteiger partial charge on any atom is 0.217 e. The second kappa shape index (κ2) is 3.94. The summed E-state index contributed by atoms with van der Waals surface area (Å²) in [6.07, 6.45) is 11.7. The van der Waals surface area contributed by atoms with Crippen molar-refractivity contribution in [3.63, 3.8) is 0 Å². The van der Waals surface area contributed by atoms with E-state index in [4.69, 9.17) is 0 Å². The minimum Gasteiger partial charge on any atom is -0.371 e. The van der Waals surface area contributed by atoms with Gasteiger partial charge in [0, 0.05) is 12.8 Å². The number of aliphatic hydroxyl groups is 2. The highest BCUT2D eigenvalue weighted by Crippen LogP contribution is 2.36. The third-order valence-corrected chi connectivity index (χ3v) is 5.43. The summed E-state index contributed by atoms with van der Waals surface area (Å²) in [6.45, 7) is 0. The Morgan fingerprint density at radius 1 is 0.824 bits per heavy atom. The van der Waals surface area contributed by atoms with Gasteiger partial charge in [0.15, 0.2) is 9.87 Å². The largest absolute Gasteiger partial charge is 0.371 e. The molecular weight excluding hydrogens is 240 g/mol. The van der Waals surface area contributed by atoms with Crippen LogP contribution in [-0.4, -0.2) is 28.5 Å². The summed E-state index contributed by atoms with van der Waals surface area (Å²) in [5.74, 6) is 0. The van der Waals surface area contributed by atoms with E-state index >= 15 is 0 Å². The lowest BCUT2D eigenvalue weighted by atomic mass is 10.1. The van der Waals surface area contributed by atoms with Crippen LogP contribution >= 0.6 is 0 Å². The number of sulfone groups is 1. The van der Waals surface area contributed by atoms with E-state index in [9.17, 15) is 18.6 Å². The fourth-order valence-electron chi connectivity index (χ4n) is 1.88. The lowest BCUT2D eigenvalue weighted by molar-refractivity contribution is 0.133. The van der Waals surface area contributed by atoms with Gasteiger partial charge >= 0.3 is 0 Å². The van der Waals surface area contributed by atoms with E-state index in [0.29, 0.717) is 0 Å². The van der Waals surface area contributed by atoms with Crippen LogP contribution in [0, 0.1) is 0 Å². The van der Waals surface area contributed by atoms with Gasteiger partial charge in [-0.15, -0.1) is 0 Å². The normalized spacial score (nSPS) is 36.4. The van der Waals surface area contributed by atoms with Gasteiger partial charge in [0.2, 0.25) is 9.84 Å². The number of rotatable bonds is 2. The standard InChI is InChI=1S/C12H14O4S/c13-11(7-3-1-4-8-11)17(15,16)12(14)9-5-2-6-10-12/h1-7,9,13-14H,8,10H2. The van der Waals surface area contributed by atoms with Crippen molar-refractivity contribution in [1.29, 1.82) is 0 Å². The molecule has 0 aliphatic heterocycles. The average molecular weight is 254 g/mol. The van der Waals surface area contributed by atoms with Crippen molar-refractivity contribution in [2.24, 2.45) is 0 Å². The highest BCUT2D eigenvalue weighted by Gasteiger charge is 2.52. The predicted molar refractivity (Wildman–Crippen MR) is 64.6 cm³/mol. The molecule has 17 heavy (non-hydrogen) atoms. The van der Waals surface area contributed by atoms with Gasteiger partial charge in [-0.25, -0.2) is 8.42 Å². The first-order valence-corrected chi connectivity index (χ1v) is 6.77. The van der Waals surface area contributed by atoms with E-state index in [2.05, 4.69) is 0 Å². The van der Waals surface area contributed by atoms with Gasteiger partial charge < -0.3 is 10.2 Å². The van der Waals surface area contributed by atoms with Crippen LogP contribution in [0.2, 0.25) is 0 Å². The van der Waals surface area contributed by atoms with Crippen LogP contribution in [0.25, 0.3) is 0 Å². The molecule has 0 spiro atoms. The maximum absolute atomic E-state index is 12.3. The smallest absolute Gasteiger partial charge is 0.217 e. The molecule has 0 amide bonds. The summed E-state index contributed by atoms with van der Waals surface area (Å²) in [5, 5.41) is 20.3. The molecule has 2 aliphatic carbocycles. The van der Waals surface area contributed by atoms with Crippen molar-refractivity contribution in [2.45, 2.75) is 22.7 Å². The van der Waals surface area contributed by atoms with Gasteiger partial charge in [-0.05, 0) is 12.2 Å². The zero-order chi connectivity index (χ0) is 12.6. The molecule has 0 heterocycles. The summed E-state index contributed by atoms with van der Waals surface area (Å²) in [7, 11) is -4.15. The second-order valence-electron chi connectivity index (χ2n) is 4.18. The maximum atomic E-state index is 12.3. The highest BCUT2D eigenvalue weighted by molar-refractivity contribution is 7.94. The average Bonchev–Trinajstić information content (AvgIpc) is 2.30. The molecule has 2 N–H and O–H groups in total. The van der Waals surface area contributed by atoms with Crippen LogP contribution in [0.3, 0.4) is 0 Å². The van der Waals surface area contributed by atoms with Gasteiger partial charge in [0.1, 0.15) is 0 Å². The van der Waals surface area contributed by atoms with E-state index < -0.39 is 19.7 Å². The zero-order valence-corrected chi connectivity index (χ0v) is 9.97. The molecule has 0 aromatic heterocycles. The Morgan fingerprint density at radius 3 is 1.53 bits per heavy atom. The van der Waals surface area contributed by atoms with Crippen LogP contribution in [0.1, 0.15) is 12.8 Å². The minimum absolute atomic E-state index is 0.0499. The van der Waals surface area contributed by atoms with Crippen molar-refractivity contribution in [2.75, 3.05) is 0 Å². The van der Waals surface area contributed by atoms with E-state index in [1.165, 1.54) is 24.3 Å². The Labute approximate surface area is 100 Å². The fraction of sp³-hybridized carbons (Fsp3) is 0.333. The Kier molecular flexibility index (Phi) is 2.85. The molecule has 0 radical (unpaired) electrons. The van der Waals surface area contributed by atoms with Gasteiger partial charge in [0.05, 0.1) is 0 Å². The Morgan fingerprint density at radius 2 is 1.24 bits per heavy atom. The topological polar surface area (TPSA) is 74.6 Å². The van der Waals surface area contributed by atoms with E-state index in [-0.39, 0.29) is 12.8 Å². The number of hydrogen-bond acceptors (Lipinski definition) is 4. The molecule has 2 aliphatic rings. The molecule has 2 rings (SSSR count). The van der Waals surface area contributed by atoms with Crippen molar-refractivity contribution < 1.29 is 18.6 Å². The molecule has 0 aromatic rings. The molecule has 4 nitrogen and oxygen atoms in total. The fourth-order valence-corrected chi connectivity index (χ4v) is 3.64. The second-order valence-corrected chi connectivity index (χ2v) is 6.60. The Bertz CT molecular complexity index is 485. The van der Waals surface area contributed by atoms with Crippen LogP contribution in [0.15, 0.2) is 48.6 Å². The third kappa shape index (κ3) is 1.80. The van der Waals surface area contributed by atoms with Gasteiger partial charge in [-0.1, -0.05) is 36.5 Å². The molecular formula is C12H14O4S. The molecule has 5 heteroatoms. The summed E-state index contributed by atoms with van der Waals surface area (Å²) < 4.78 is 24.6.